The summed E-state index contributed by atoms with van der Waals surface area (Å²) in [5.74, 6) is -2.53. The van der Waals surface area contributed by atoms with Crippen molar-refractivity contribution in [2.24, 2.45) is 0 Å². The molecule has 104 valence electrons. The normalized spacial score (nSPS) is 10.1. The summed E-state index contributed by atoms with van der Waals surface area (Å²) in [5.41, 5.74) is -0.672. The molecule has 0 radical (unpaired) electrons. The number of anilines is 1. The van der Waals surface area contributed by atoms with E-state index in [1.54, 1.807) is 11.4 Å². The molecule has 0 aliphatic carbocycles. The fourth-order valence-electron chi connectivity index (χ4n) is 1.65. The quantitative estimate of drug-likeness (QED) is 0.909. The van der Waals surface area contributed by atoms with Crippen molar-refractivity contribution < 1.29 is 23.8 Å². The fourth-order valence-corrected chi connectivity index (χ4v) is 2.40. The number of hydrogen-bond donors (Lipinski definition) is 2. The minimum absolute atomic E-state index is 0.0991. The molecule has 2 aromatic rings. The Kier molecular flexibility index (Phi) is 3.99. The number of aromatic carboxylic acids is 1. The third-order valence-electron chi connectivity index (χ3n) is 2.53. The topological polar surface area (TPSA) is 75.6 Å². The number of carboxylic acid groups (broad SMARTS) is 1. The summed E-state index contributed by atoms with van der Waals surface area (Å²) < 4.78 is 18.5. The molecule has 2 N–H and O–H groups in total. The van der Waals surface area contributed by atoms with Gasteiger partial charge >= 0.3 is 5.97 Å². The molecule has 20 heavy (non-hydrogen) atoms. The van der Waals surface area contributed by atoms with Crippen LogP contribution in [0.5, 0.6) is 5.75 Å². The summed E-state index contributed by atoms with van der Waals surface area (Å²) in [6.45, 7) is 0. The van der Waals surface area contributed by atoms with Crippen molar-refractivity contribution in [3.63, 3.8) is 0 Å². The highest BCUT2D eigenvalue weighted by molar-refractivity contribution is 7.12. The molecular formula is C13H10FNO4S. The molecule has 1 aromatic carbocycles. The summed E-state index contributed by atoms with van der Waals surface area (Å²) in [4.78, 5) is 23.4. The number of hydrogen-bond acceptors (Lipinski definition) is 4. The minimum atomic E-state index is -1.45. The van der Waals surface area contributed by atoms with Gasteiger partial charge in [-0.1, -0.05) is 6.07 Å². The second kappa shape index (κ2) is 5.70. The number of amides is 1. The average Bonchev–Trinajstić information content (AvgIpc) is 2.86. The summed E-state index contributed by atoms with van der Waals surface area (Å²) in [6.07, 6.45) is 0. The SMILES string of the molecule is COc1ccsc1C(=O)Nc1cccc(F)c1C(=O)O. The van der Waals surface area contributed by atoms with Crippen LogP contribution in [-0.2, 0) is 0 Å². The molecule has 0 atom stereocenters. The zero-order chi connectivity index (χ0) is 14.7. The lowest BCUT2D eigenvalue weighted by Crippen LogP contribution is -2.15. The van der Waals surface area contributed by atoms with Crippen LogP contribution in [0.25, 0.3) is 0 Å². The molecule has 1 amide bonds. The molecule has 7 heteroatoms. The number of carbonyl (C=O) groups is 2. The monoisotopic (exact) mass is 295 g/mol. The molecule has 0 aliphatic heterocycles. The van der Waals surface area contributed by atoms with Crippen LogP contribution in [0, 0.1) is 5.82 Å². The van der Waals surface area contributed by atoms with E-state index in [0.29, 0.717) is 5.75 Å². The maximum absolute atomic E-state index is 13.5. The number of ether oxygens (including phenoxy) is 1. The lowest BCUT2D eigenvalue weighted by atomic mass is 10.1. The Balaban J connectivity index is 2.33. The van der Waals surface area contributed by atoms with Crippen LogP contribution < -0.4 is 10.1 Å². The van der Waals surface area contributed by atoms with Crippen LogP contribution in [0.1, 0.15) is 20.0 Å². The number of rotatable bonds is 4. The van der Waals surface area contributed by atoms with Gasteiger partial charge in [-0.3, -0.25) is 4.79 Å². The Morgan fingerprint density at radius 2 is 2.10 bits per heavy atom. The molecule has 0 spiro atoms. The van der Waals surface area contributed by atoms with E-state index in [2.05, 4.69) is 5.32 Å². The molecule has 1 heterocycles. The van der Waals surface area contributed by atoms with Gasteiger partial charge in [-0.15, -0.1) is 11.3 Å². The average molecular weight is 295 g/mol. The number of carbonyl (C=O) groups excluding carboxylic acids is 1. The Morgan fingerprint density at radius 1 is 1.35 bits per heavy atom. The molecule has 0 saturated heterocycles. The van der Waals surface area contributed by atoms with Crippen LogP contribution in [0.3, 0.4) is 0 Å². The van der Waals surface area contributed by atoms with Gasteiger partial charge in [0.05, 0.1) is 12.8 Å². The molecule has 0 bridgehead atoms. The van der Waals surface area contributed by atoms with E-state index < -0.39 is 23.3 Å². The highest BCUT2D eigenvalue weighted by atomic mass is 32.1. The highest BCUT2D eigenvalue weighted by Gasteiger charge is 2.20. The number of methoxy groups -OCH3 is 1. The predicted octanol–water partition coefficient (Wildman–Crippen LogP) is 2.85. The van der Waals surface area contributed by atoms with Gasteiger partial charge in [-0.25, -0.2) is 9.18 Å². The number of nitrogens with one attached hydrogen (secondary N) is 1. The van der Waals surface area contributed by atoms with E-state index in [0.717, 1.165) is 17.4 Å². The second-order valence-electron chi connectivity index (χ2n) is 3.74. The van der Waals surface area contributed by atoms with E-state index in [1.807, 2.05) is 0 Å². The zero-order valence-electron chi connectivity index (χ0n) is 10.3. The van der Waals surface area contributed by atoms with E-state index >= 15 is 0 Å². The van der Waals surface area contributed by atoms with Crippen molar-refractivity contribution in [2.45, 2.75) is 0 Å². The Labute approximate surface area is 117 Å². The number of carboxylic acids is 1. The summed E-state index contributed by atoms with van der Waals surface area (Å²) in [6, 6.07) is 5.28. The lowest BCUT2D eigenvalue weighted by Gasteiger charge is -2.09. The van der Waals surface area contributed by atoms with Crippen molar-refractivity contribution in [1.82, 2.24) is 0 Å². The summed E-state index contributed by atoms with van der Waals surface area (Å²) in [7, 11) is 1.42. The number of halogens is 1. The van der Waals surface area contributed by atoms with E-state index in [9.17, 15) is 14.0 Å². The smallest absolute Gasteiger partial charge is 0.340 e. The Morgan fingerprint density at radius 3 is 2.75 bits per heavy atom. The van der Waals surface area contributed by atoms with E-state index in [4.69, 9.17) is 9.84 Å². The first kappa shape index (κ1) is 14.0. The van der Waals surface area contributed by atoms with Crippen LogP contribution in [0.2, 0.25) is 0 Å². The highest BCUT2D eigenvalue weighted by Crippen LogP contribution is 2.26. The van der Waals surface area contributed by atoms with Crippen molar-refractivity contribution in [2.75, 3.05) is 12.4 Å². The number of benzene rings is 1. The van der Waals surface area contributed by atoms with Crippen LogP contribution in [0.4, 0.5) is 10.1 Å². The standard InChI is InChI=1S/C13H10FNO4S/c1-19-9-5-6-20-11(9)12(16)15-8-4-2-3-7(14)10(8)13(17)18/h2-6H,1H3,(H,15,16)(H,17,18). The van der Waals surface area contributed by atoms with Crippen molar-refractivity contribution in [3.05, 3.63) is 45.9 Å². The molecule has 0 fully saturated rings. The molecule has 1 aromatic heterocycles. The predicted molar refractivity (Wildman–Crippen MR) is 72.2 cm³/mol. The Bertz CT molecular complexity index is 668. The van der Waals surface area contributed by atoms with Crippen molar-refractivity contribution in [1.29, 1.82) is 0 Å². The molecule has 0 aliphatic rings. The van der Waals surface area contributed by atoms with E-state index in [1.165, 1.54) is 19.2 Å². The molecule has 0 saturated carbocycles. The van der Waals surface area contributed by atoms with Gasteiger partial charge < -0.3 is 15.2 Å². The lowest BCUT2D eigenvalue weighted by molar-refractivity contribution is 0.0693. The minimum Gasteiger partial charge on any atom is -0.495 e. The molecular weight excluding hydrogens is 285 g/mol. The molecule has 5 nitrogen and oxygen atoms in total. The molecule has 0 unspecified atom stereocenters. The first-order valence-corrected chi connectivity index (χ1v) is 6.37. The van der Waals surface area contributed by atoms with Crippen LogP contribution in [-0.4, -0.2) is 24.1 Å². The number of thiophene rings is 1. The van der Waals surface area contributed by atoms with Crippen molar-refractivity contribution in [3.8, 4) is 5.75 Å². The maximum Gasteiger partial charge on any atom is 0.340 e. The Hall–Kier alpha value is -2.41. The third-order valence-corrected chi connectivity index (χ3v) is 3.43. The van der Waals surface area contributed by atoms with Gasteiger partial charge in [-0.2, -0.15) is 0 Å². The summed E-state index contributed by atoms with van der Waals surface area (Å²) in [5, 5.41) is 13.0. The van der Waals surface area contributed by atoms with Gasteiger partial charge in [0, 0.05) is 0 Å². The maximum atomic E-state index is 13.5. The first-order valence-electron chi connectivity index (χ1n) is 5.49. The second-order valence-corrected chi connectivity index (χ2v) is 4.66. The van der Waals surface area contributed by atoms with E-state index in [-0.39, 0.29) is 10.6 Å². The van der Waals surface area contributed by atoms with Gasteiger partial charge in [0.1, 0.15) is 22.0 Å². The van der Waals surface area contributed by atoms with Gasteiger partial charge in [0.25, 0.3) is 5.91 Å². The summed E-state index contributed by atoms with van der Waals surface area (Å²) >= 11 is 1.14. The van der Waals surface area contributed by atoms with Gasteiger partial charge in [-0.05, 0) is 23.6 Å². The first-order chi connectivity index (χ1) is 9.54. The third kappa shape index (κ3) is 2.62. The van der Waals surface area contributed by atoms with Gasteiger partial charge in [0.2, 0.25) is 0 Å². The fraction of sp³-hybridized carbons (Fsp3) is 0.0769. The molecule has 2 rings (SSSR count). The van der Waals surface area contributed by atoms with Crippen LogP contribution in [0.15, 0.2) is 29.6 Å². The zero-order valence-corrected chi connectivity index (χ0v) is 11.2. The largest absolute Gasteiger partial charge is 0.495 e. The van der Waals surface area contributed by atoms with Crippen molar-refractivity contribution >= 4 is 28.9 Å². The van der Waals surface area contributed by atoms with Gasteiger partial charge in [0.15, 0.2) is 0 Å². The van der Waals surface area contributed by atoms with Crippen LogP contribution >= 0.6 is 11.3 Å².